The third-order valence-corrected chi connectivity index (χ3v) is 6.34. The van der Waals surface area contributed by atoms with Gasteiger partial charge in [0.1, 0.15) is 0 Å². The Labute approximate surface area is 126 Å². The molecule has 0 amide bonds. The maximum atomic E-state index is 12.8. The number of hydrogen-bond donors (Lipinski definition) is 0. The SMILES string of the molecule is CCOP(=O)(CC1(C)CCc2ccccc2C1=O)OCC. The molecule has 1 unspecified atom stereocenters. The number of benzene rings is 1. The lowest BCUT2D eigenvalue weighted by atomic mass is 9.73. The second-order valence-electron chi connectivity index (χ2n) is 5.65. The third-order valence-electron chi connectivity index (χ3n) is 3.95. The quantitative estimate of drug-likeness (QED) is 0.743. The summed E-state index contributed by atoms with van der Waals surface area (Å²) in [6, 6.07) is 7.64. The van der Waals surface area contributed by atoms with E-state index in [1.54, 1.807) is 13.8 Å². The van der Waals surface area contributed by atoms with Crippen LogP contribution in [0.15, 0.2) is 24.3 Å². The lowest BCUT2D eigenvalue weighted by Crippen LogP contribution is -2.37. The molecule has 21 heavy (non-hydrogen) atoms. The van der Waals surface area contributed by atoms with Crippen molar-refractivity contribution in [2.24, 2.45) is 5.41 Å². The highest BCUT2D eigenvalue weighted by atomic mass is 31.2. The lowest BCUT2D eigenvalue weighted by molar-refractivity contribution is 0.0799. The Morgan fingerprint density at radius 2 is 1.81 bits per heavy atom. The van der Waals surface area contributed by atoms with Crippen LogP contribution in [-0.2, 0) is 20.0 Å². The molecule has 0 radical (unpaired) electrons. The zero-order valence-corrected chi connectivity index (χ0v) is 13.8. The summed E-state index contributed by atoms with van der Waals surface area (Å²) in [7, 11) is -3.22. The number of ketones is 1. The summed E-state index contributed by atoms with van der Waals surface area (Å²) in [5, 5.41) is 0. The van der Waals surface area contributed by atoms with Crippen LogP contribution in [0, 0.1) is 5.41 Å². The summed E-state index contributed by atoms with van der Waals surface area (Å²) >= 11 is 0. The van der Waals surface area contributed by atoms with Gasteiger partial charge in [0, 0.05) is 11.0 Å². The molecule has 4 nitrogen and oxygen atoms in total. The topological polar surface area (TPSA) is 52.6 Å². The summed E-state index contributed by atoms with van der Waals surface area (Å²) in [6.07, 6.45) is 1.64. The predicted octanol–water partition coefficient (Wildman–Crippen LogP) is 4.09. The van der Waals surface area contributed by atoms with E-state index in [1.165, 1.54) is 0 Å². The smallest absolute Gasteiger partial charge is 0.309 e. The molecular formula is C16H23O4P. The molecule has 1 aromatic rings. The van der Waals surface area contributed by atoms with E-state index in [4.69, 9.17) is 9.05 Å². The van der Waals surface area contributed by atoms with Crippen molar-refractivity contribution in [3.8, 4) is 0 Å². The fraction of sp³-hybridized carbons (Fsp3) is 0.562. The Bertz CT molecular complexity index is 559. The number of hydrogen-bond acceptors (Lipinski definition) is 4. The van der Waals surface area contributed by atoms with Crippen molar-refractivity contribution >= 4 is 13.4 Å². The first-order valence-corrected chi connectivity index (χ1v) is 9.18. The monoisotopic (exact) mass is 310 g/mol. The minimum absolute atomic E-state index is 0.0454. The number of rotatable bonds is 6. The van der Waals surface area contributed by atoms with Gasteiger partial charge in [-0.1, -0.05) is 31.2 Å². The molecule has 0 aliphatic heterocycles. The van der Waals surface area contributed by atoms with Crippen LogP contribution < -0.4 is 0 Å². The molecule has 0 saturated heterocycles. The molecule has 2 rings (SSSR count). The van der Waals surface area contributed by atoms with E-state index in [0.29, 0.717) is 19.6 Å². The van der Waals surface area contributed by atoms with Gasteiger partial charge in [0.25, 0.3) is 0 Å². The molecule has 5 heteroatoms. The Morgan fingerprint density at radius 1 is 1.19 bits per heavy atom. The van der Waals surface area contributed by atoms with Crippen molar-refractivity contribution < 1.29 is 18.4 Å². The second kappa shape index (κ2) is 6.43. The van der Waals surface area contributed by atoms with Crippen LogP contribution >= 0.6 is 7.60 Å². The summed E-state index contributed by atoms with van der Waals surface area (Å²) < 4.78 is 23.5. The first-order valence-electron chi connectivity index (χ1n) is 7.45. The molecule has 1 aromatic carbocycles. The highest BCUT2D eigenvalue weighted by Crippen LogP contribution is 2.54. The van der Waals surface area contributed by atoms with Crippen molar-refractivity contribution in [3.05, 3.63) is 35.4 Å². The molecule has 1 atom stereocenters. The van der Waals surface area contributed by atoms with Gasteiger partial charge < -0.3 is 9.05 Å². The highest BCUT2D eigenvalue weighted by Gasteiger charge is 2.44. The molecule has 0 saturated carbocycles. The maximum Gasteiger partial charge on any atom is 0.331 e. The molecule has 0 bridgehead atoms. The Kier molecular flexibility index (Phi) is 5.03. The van der Waals surface area contributed by atoms with Gasteiger partial charge in [-0.25, -0.2) is 0 Å². The molecule has 116 valence electrons. The van der Waals surface area contributed by atoms with Gasteiger partial charge >= 0.3 is 7.60 Å². The van der Waals surface area contributed by atoms with E-state index in [-0.39, 0.29) is 11.9 Å². The standard InChI is InChI=1S/C16H23O4P/c1-4-19-21(18,20-5-2)12-16(3)11-10-13-8-6-7-9-14(13)15(16)17/h6-9H,4-5,10-12H2,1-3H3. The molecule has 0 spiro atoms. The van der Waals surface area contributed by atoms with Crippen molar-refractivity contribution in [3.63, 3.8) is 0 Å². The zero-order valence-electron chi connectivity index (χ0n) is 12.9. The number of carbonyl (C=O) groups is 1. The van der Waals surface area contributed by atoms with E-state index >= 15 is 0 Å². The Morgan fingerprint density at radius 3 is 2.43 bits per heavy atom. The van der Waals surface area contributed by atoms with Crippen LogP contribution in [0.3, 0.4) is 0 Å². The average Bonchev–Trinajstić information content (AvgIpc) is 2.44. The van der Waals surface area contributed by atoms with Gasteiger partial charge in [-0.05, 0) is 32.3 Å². The second-order valence-corrected chi connectivity index (χ2v) is 7.71. The van der Waals surface area contributed by atoms with Crippen LogP contribution in [0.5, 0.6) is 0 Å². The summed E-state index contributed by atoms with van der Waals surface area (Å²) in [6.45, 7) is 6.07. The van der Waals surface area contributed by atoms with Crippen molar-refractivity contribution in [2.45, 2.75) is 33.6 Å². The fourth-order valence-electron chi connectivity index (χ4n) is 2.91. The van der Waals surface area contributed by atoms with Gasteiger partial charge in [0.15, 0.2) is 5.78 Å². The first-order chi connectivity index (χ1) is 9.94. The minimum Gasteiger partial charge on any atom is -0.309 e. The van der Waals surface area contributed by atoms with Crippen LogP contribution in [0.4, 0.5) is 0 Å². The van der Waals surface area contributed by atoms with Crippen LogP contribution in [0.25, 0.3) is 0 Å². The molecule has 0 aromatic heterocycles. The molecule has 0 N–H and O–H groups in total. The van der Waals surface area contributed by atoms with E-state index in [1.807, 2.05) is 31.2 Å². The highest BCUT2D eigenvalue weighted by molar-refractivity contribution is 7.53. The number of Topliss-reactive ketones (excluding diaryl/α,β-unsaturated/α-hetero) is 1. The summed E-state index contributed by atoms with van der Waals surface area (Å²) in [4.78, 5) is 12.8. The molecule has 0 heterocycles. The maximum absolute atomic E-state index is 12.8. The Hall–Kier alpha value is -0.960. The molecule has 1 aliphatic carbocycles. The number of fused-ring (bicyclic) bond motifs is 1. The van der Waals surface area contributed by atoms with Gasteiger partial charge in [-0.2, -0.15) is 0 Å². The van der Waals surface area contributed by atoms with Crippen LogP contribution in [0.2, 0.25) is 0 Å². The first kappa shape index (κ1) is 16.4. The van der Waals surface area contributed by atoms with Crippen molar-refractivity contribution in [1.29, 1.82) is 0 Å². The molecular weight excluding hydrogens is 287 g/mol. The number of aryl methyl sites for hydroxylation is 1. The Balaban J connectivity index is 2.27. The van der Waals surface area contributed by atoms with Crippen LogP contribution in [-0.4, -0.2) is 25.2 Å². The molecule has 0 fully saturated rings. The van der Waals surface area contributed by atoms with Gasteiger partial charge in [-0.15, -0.1) is 0 Å². The van der Waals surface area contributed by atoms with Gasteiger partial charge in [0.05, 0.1) is 19.4 Å². The zero-order chi connectivity index (χ0) is 15.5. The molecule has 1 aliphatic rings. The third kappa shape index (κ3) is 3.45. The fourth-order valence-corrected chi connectivity index (χ4v) is 5.11. The van der Waals surface area contributed by atoms with E-state index in [0.717, 1.165) is 17.5 Å². The van der Waals surface area contributed by atoms with Gasteiger partial charge in [-0.3, -0.25) is 9.36 Å². The van der Waals surface area contributed by atoms with Gasteiger partial charge in [0.2, 0.25) is 0 Å². The minimum atomic E-state index is -3.22. The van der Waals surface area contributed by atoms with E-state index < -0.39 is 13.0 Å². The van der Waals surface area contributed by atoms with E-state index in [2.05, 4.69) is 0 Å². The normalized spacial score (nSPS) is 22.1. The number of carbonyl (C=O) groups excluding carboxylic acids is 1. The van der Waals surface area contributed by atoms with E-state index in [9.17, 15) is 9.36 Å². The lowest BCUT2D eigenvalue weighted by Gasteiger charge is -2.35. The predicted molar refractivity (Wildman–Crippen MR) is 82.9 cm³/mol. The average molecular weight is 310 g/mol. The van der Waals surface area contributed by atoms with Crippen molar-refractivity contribution in [1.82, 2.24) is 0 Å². The summed E-state index contributed by atoms with van der Waals surface area (Å²) in [5.41, 5.74) is 1.13. The van der Waals surface area contributed by atoms with Crippen molar-refractivity contribution in [2.75, 3.05) is 19.4 Å². The van der Waals surface area contributed by atoms with Crippen LogP contribution in [0.1, 0.15) is 43.1 Å². The summed E-state index contributed by atoms with van der Waals surface area (Å²) in [5.74, 6) is 0.0454. The largest absolute Gasteiger partial charge is 0.331 e.